The molecule has 0 aliphatic heterocycles. The van der Waals surface area contributed by atoms with Crippen LogP contribution in [0.25, 0.3) is 21.8 Å². The Morgan fingerprint density at radius 1 is 0.926 bits per heavy atom. The van der Waals surface area contributed by atoms with E-state index in [0.717, 1.165) is 16.6 Å². The van der Waals surface area contributed by atoms with Crippen molar-refractivity contribution in [3.05, 3.63) is 88.8 Å². The van der Waals surface area contributed by atoms with E-state index in [0.29, 0.717) is 17.3 Å². The third-order valence-electron chi connectivity index (χ3n) is 4.77. The Labute approximate surface area is 156 Å². The quantitative estimate of drug-likeness (QED) is 0.527. The fraction of sp³-hybridized carbons (Fsp3) is 0.136. The number of carbonyl (C=O) groups is 1. The van der Waals surface area contributed by atoms with Crippen molar-refractivity contribution < 1.29 is 4.79 Å². The number of hydrogen-bond acceptors (Lipinski definition) is 3. The zero-order valence-electron chi connectivity index (χ0n) is 15.0. The first-order valence-corrected chi connectivity index (χ1v) is 8.78. The number of benzene rings is 2. The van der Waals surface area contributed by atoms with Crippen LogP contribution in [-0.4, -0.2) is 27.4 Å². The Bertz CT molecular complexity index is 1120. The fourth-order valence-electron chi connectivity index (χ4n) is 3.35. The second-order valence-corrected chi connectivity index (χ2v) is 6.55. The molecule has 4 aromatic rings. The lowest BCUT2D eigenvalue weighted by atomic mass is 10.1. The lowest BCUT2D eigenvalue weighted by molar-refractivity contribution is -0.130. The lowest BCUT2D eigenvalue weighted by Gasteiger charge is -2.20. The van der Waals surface area contributed by atoms with Gasteiger partial charge in [-0.15, -0.1) is 0 Å². The van der Waals surface area contributed by atoms with E-state index in [1.807, 2.05) is 65.2 Å². The molecule has 134 valence electrons. The van der Waals surface area contributed by atoms with E-state index in [1.54, 1.807) is 24.3 Å². The van der Waals surface area contributed by atoms with Crippen molar-refractivity contribution in [1.29, 1.82) is 0 Å². The van der Waals surface area contributed by atoms with Crippen molar-refractivity contribution in [2.75, 3.05) is 7.05 Å². The SMILES string of the molecule is CN(Cc1ccncc1)C(=O)Cn1c2ccccc2c(=O)c2ccccc21. The second-order valence-electron chi connectivity index (χ2n) is 6.55. The summed E-state index contributed by atoms with van der Waals surface area (Å²) in [7, 11) is 1.79. The average Bonchev–Trinajstić information content (AvgIpc) is 2.71. The van der Waals surface area contributed by atoms with E-state index < -0.39 is 0 Å². The molecule has 27 heavy (non-hydrogen) atoms. The van der Waals surface area contributed by atoms with E-state index in [1.165, 1.54) is 0 Å². The zero-order chi connectivity index (χ0) is 18.8. The van der Waals surface area contributed by atoms with Crippen LogP contribution in [0.5, 0.6) is 0 Å². The van der Waals surface area contributed by atoms with Crippen LogP contribution in [0.3, 0.4) is 0 Å². The van der Waals surface area contributed by atoms with Crippen LogP contribution in [0.1, 0.15) is 5.56 Å². The molecular weight excluding hydrogens is 338 g/mol. The van der Waals surface area contributed by atoms with Crippen LogP contribution in [0, 0.1) is 0 Å². The van der Waals surface area contributed by atoms with Gasteiger partial charge in [-0.1, -0.05) is 24.3 Å². The number of fused-ring (bicyclic) bond motifs is 2. The van der Waals surface area contributed by atoms with Gasteiger partial charge in [-0.25, -0.2) is 0 Å². The molecule has 0 fully saturated rings. The highest BCUT2D eigenvalue weighted by atomic mass is 16.2. The molecule has 5 heteroatoms. The van der Waals surface area contributed by atoms with E-state index in [2.05, 4.69) is 4.98 Å². The van der Waals surface area contributed by atoms with E-state index in [4.69, 9.17) is 0 Å². The van der Waals surface area contributed by atoms with E-state index in [9.17, 15) is 9.59 Å². The maximum atomic E-state index is 12.9. The Kier molecular flexibility index (Phi) is 4.42. The predicted molar refractivity (Wildman–Crippen MR) is 106 cm³/mol. The zero-order valence-corrected chi connectivity index (χ0v) is 15.0. The highest BCUT2D eigenvalue weighted by Gasteiger charge is 2.15. The van der Waals surface area contributed by atoms with Gasteiger partial charge < -0.3 is 9.47 Å². The van der Waals surface area contributed by atoms with E-state index in [-0.39, 0.29) is 17.9 Å². The largest absolute Gasteiger partial charge is 0.340 e. The minimum atomic E-state index is -0.0224. The highest BCUT2D eigenvalue weighted by molar-refractivity contribution is 5.94. The number of rotatable bonds is 4. The van der Waals surface area contributed by atoms with Gasteiger partial charge in [-0.2, -0.15) is 0 Å². The Morgan fingerprint density at radius 2 is 1.48 bits per heavy atom. The van der Waals surface area contributed by atoms with Crippen LogP contribution < -0.4 is 5.43 Å². The van der Waals surface area contributed by atoms with Crippen LogP contribution >= 0.6 is 0 Å². The standard InChI is InChI=1S/C22H19N3O2/c1-24(14-16-10-12-23-13-11-16)21(26)15-25-19-8-4-2-6-17(19)22(27)18-7-3-5-9-20(18)25/h2-13H,14-15H2,1H3. The Morgan fingerprint density at radius 3 is 2.07 bits per heavy atom. The molecule has 1 amide bonds. The van der Waals surface area contributed by atoms with Crippen LogP contribution in [0.4, 0.5) is 0 Å². The van der Waals surface area contributed by atoms with Crippen molar-refractivity contribution in [2.45, 2.75) is 13.1 Å². The van der Waals surface area contributed by atoms with Crippen LogP contribution in [0.2, 0.25) is 0 Å². The highest BCUT2D eigenvalue weighted by Crippen LogP contribution is 2.19. The Balaban J connectivity index is 1.75. The molecule has 0 saturated carbocycles. The van der Waals surface area contributed by atoms with Gasteiger partial charge in [0, 0.05) is 36.8 Å². The summed E-state index contributed by atoms with van der Waals surface area (Å²) < 4.78 is 1.93. The summed E-state index contributed by atoms with van der Waals surface area (Å²) in [5.41, 5.74) is 2.56. The summed E-state index contributed by atoms with van der Waals surface area (Å²) in [5, 5.41) is 1.25. The van der Waals surface area contributed by atoms with Gasteiger partial charge in [0.05, 0.1) is 11.0 Å². The third kappa shape index (κ3) is 3.19. The van der Waals surface area contributed by atoms with Crippen LogP contribution in [0.15, 0.2) is 77.9 Å². The molecule has 2 heterocycles. The number of pyridine rings is 2. The van der Waals surface area contributed by atoms with Crippen LogP contribution in [-0.2, 0) is 17.9 Å². The topological polar surface area (TPSA) is 55.2 Å². The molecule has 0 bridgehead atoms. The smallest absolute Gasteiger partial charge is 0.242 e. The fourth-order valence-corrected chi connectivity index (χ4v) is 3.35. The van der Waals surface area contributed by atoms with E-state index >= 15 is 0 Å². The molecule has 0 radical (unpaired) electrons. The number of amides is 1. The van der Waals surface area contributed by atoms with Crippen molar-refractivity contribution in [3.63, 3.8) is 0 Å². The third-order valence-corrected chi connectivity index (χ3v) is 4.77. The average molecular weight is 357 g/mol. The number of likely N-dealkylation sites (N-methyl/N-ethyl adjacent to an activating group) is 1. The maximum absolute atomic E-state index is 12.9. The maximum Gasteiger partial charge on any atom is 0.242 e. The summed E-state index contributed by atoms with van der Waals surface area (Å²) in [6.45, 7) is 0.681. The van der Waals surface area contributed by atoms with Gasteiger partial charge in [0.2, 0.25) is 5.91 Å². The molecule has 0 unspecified atom stereocenters. The number of aromatic nitrogens is 2. The first-order valence-electron chi connectivity index (χ1n) is 8.78. The van der Waals surface area contributed by atoms with Gasteiger partial charge >= 0.3 is 0 Å². The second kappa shape index (κ2) is 7.03. The number of carbonyl (C=O) groups excluding carboxylic acids is 1. The van der Waals surface area contributed by atoms with Crippen molar-refractivity contribution >= 4 is 27.7 Å². The Hall–Kier alpha value is -3.47. The summed E-state index contributed by atoms with van der Waals surface area (Å²) in [6, 6.07) is 18.7. The summed E-state index contributed by atoms with van der Waals surface area (Å²) >= 11 is 0. The van der Waals surface area contributed by atoms with Crippen molar-refractivity contribution in [1.82, 2.24) is 14.5 Å². The molecule has 0 N–H and O–H groups in total. The number of para-hydroxylation sites is 2. The lowest BCUT2D eigenvalue weighted by Crippen LogP contribution is -2.30. The van der Waals surface area contributed by atoms with Gasteiger partial charge in [0.15, 0.2) is 5.43 Å². The van der Waals surface area contributed by atoms with Crippen molar-refractivity contribution in [2.24, 2.45) is 0 Å². The monoisotopic (exact) mass is 357 g/mol. The molecule has 0 saturated heterocycles. The van der Waals surface area contributed by atoms with Gasteiger partial charge in [-0.05, 0) is 42.0 Å². The van der Waals surface area contributed by atoms with Crippen molar-refractivity contribution in [3.8, 4) is 0 Å². The minimum Gasteiger partial charge on any atom is -0.340 e. The minimum absolute atomic E-state index is 0.00459. The molecule has 0 aliphatic carbocycles. The molecular formula is C22H19N3O2. The van der Waals surface area contributed by atoms with Gasteiger partial charge in [-0.3, -0.25) is 14.6 Å². The predicted octanol–water partition coefficient (Wildman–Crippen LogP) is 3.21. The number of nitrogens with zero attached hydrogens (tertiary/aromatic N) is 3. The molecule has 5 nitrogen and oxygen atoms in total. The molecule has 2 aromatic carbocycles. The molecule has 0 spiro atoms. The number of hydrogen-bond donors (Lipinski definition) is 0. The summed E-state index contributed by atoms with van der Waals surface area (Å²) in [6.07, 6.45) is 3.44. The normalized spacial score (nSPS) is 11.0. The molecule has 0 aliphatic rings. The summed E-state index contributed by atoms with van der Waals surface area (Å²) in [5.74, 6) is -0.0224. The summed E-state index contributed by atoms with van der Waals surface area (Å²) in [4.78, 5) is 31.4. The first-order chi connectivity index (χ1) is 13.1. The molecule has 2 aromatic heterocycles. The van der Waals surface area contributed by atoms with Gasteiger partial charge in [0.1, 0.15) is 6.54 Å². The molecule has 4 rings (SSSR count). The first kappa shape index (κ1) is 17.0. The van der Waals surface area contributed by atoms with Gasteiger partial charge in [0.25, 0.3) is 0 Å². The molecule has 0 atom stereocenters.